The number of aliphatic hydroxyl groups excluding tert-OH is 1. The third kappa shape index (κ3) is 5.86. The van der Waals surface area contributed by atoms with Gasteiger partial charge in [-0.15, -0.1) is 0 Å². The minimum absolute atomic E-state index is 0.223. The number of furan rings is 1. The lowest BCUT2D eigenvalue weighted by atomic mass is 10.1. The normalized spacial score (nSPS) is 12.3. The van der Waals surface area contributed by atoms with Gasteiger partial charge in [-0.2, -0.15) is 0 Å². The number of halogens is 1. The van der Waals surface area contributed by atoms with Crippen LogP contribution in [0.5, 0.6) is 5.75 Å². The van der Waals surface area contributed by atoms with Crippen LogP contribution in [0.3, 0.4) is 0 Å². The summed E-state index contributed by atoms with van der Waals surface area (Å²) in [6.07, 6.45) is 1.01. The monoisotopic (exact) mass is 399 g/mol. The molecule has 0 bridgehead atoms. The van der Waals surface area contributed by atoms with Gasteiger partial charge in [0.2, 0.25) is 0 Å². The van der Waals surface area contributed by atoms with Crippen molar-refractivity contribution in [1.82, 2.24) is 4.90 Å². The van der Waals surface area contributed by atoms with Crippen molar-refractivity contribution >= 4 is 11.6 Å². The topological polar surface area (TPSA) is 45.8 Å². The van der Waals surface area contributed by atoms with E-state index in [0.717, 1.165) is 22.6 Å². The average molecular weight is 400 g/mol. The van der Waals surface area contributed by atoms with Gasteiger partial charge in [-0.05, 0) is 49.2 Å². The van der Waals surface area contributed by atoms with Gasteiger partial charge in [0.05, 0.1) is 12.8 Å². The first kappa shape index (κ1) is 20.5. The zero-order chi connectivity index (χ0) is 19.9. The third-order valence-corrected chi connectivity index (χ3v) is 4.91. The van der Waals surface area contributed by atoms with Crippen molar-refractivity contribution in [2.75, 3.05) is 13.2 Å². The molecule has 0 saturated carbocycles. The summed E-state index contributed by atoms with van der Waals surface area (Å²) in [4.78, 5) is 2.11. The zero-order valence-electron chi connectivity index (χ0n) is 16.3. The third-order valence-electron chi connectivity index (χ3n) is 4.54. The number of nitrogens with zero attached hydrogens (tertiary/aromatic N) is 1. The Labute approximate surface area is 171 Å². The Hall–Kier alpha value is -2.27. The van der Waals surface area contributed by atoms with Crippen molar-refractivity contribution in [3.05, 3.63) is 88.3 Å². The Bertz CT molecular complexity index is 879. The predicted molar refractivity (Wildman–Crippen MR) is 112 cm³/mol. The van der Waals surface area contributed by atoms with Gasteiger partial charge in [-0.1, -0.05) is 47.5 Å². The van der Waals surface area contributed by atoms with E-state index in [9.17, 15) is 5.11 Å². The van der Waals surface area contributed by atoms with Gasteiger partial charge in [0.1, 0.15) is 24.2 Å². The molecule has 0 spiro atoms. The lowest BCUT2D eigenvalue weighted by molar-refractivity contribution is 0.0602. The maximum absolute atomic E-state index is 10.6. The molecule has 1 unspecified atom stereocenters. The second-order valence-electron chi connectivity index (χ2n) is 7.07. The molecule has 1 heterocycles. The second-order valence-corrected chi connectivity index (χ2v) is 7.48. The highest BCUT2D eigenvalue weighted by atomic mass is 35.5. The van der Waals surface area contributed by atoms with Gasteiger partial charge in [-0.25, -0.2) is 0 Å². The maximum Gasteiger partial charge on any atom is 0.122 e. The van der Waals surface area contributed by atoms with Crippen LogP contribution in [-0.4, -0.2) is 29.3 Å². The summed E-state index contributed by atoms with van der Waals surface area (Å²) in [6.45, 7) is 5.92. The summed E-state index contributed by atoms with van der Waals surface area (Å²) in [7, 11) is 0. The van der Waals surface area contributed by atoms with E-state index in [-0.39, 0.29) is 6.61 Å². The van der Waals surface area contributed by atoms with Crippen LogP contribution >= 0.6 is 11.6 Å². The molecule has 0 radical (unpaired) electrons. The summed E-state index contributed by atoms with van der Waals surface area (Å²) >= 11 is 6.32. The van der Waals surface area contributed by atoms with E-state index < -0.39 is 6.10 Å². The molecule has 0 saturated heterocycles. The van der Waals surface area contributed by atoms with Crippen LogP contribution in [0.4, 0.5) is 0 Å². The standard InChI is InChI=1S/C23H26ClNO3/c1-17-9-10-23(18(2)12-17)28-16-20(26)14-25(15-21-7-5-11-27-21)13-19-6-3-4-8-22(19)24/h3-12,20,26H,13-16H2,1-2H3. The van der Waals surface area contributed by atoms with Crippen LogP contribution in [0.25, 0.3) is 0 Å². The highest BCUT2D eigenvalue weighted by Gasteiger charge is 2.16. The molecule has 1 N–H and O–H groups in total. The van der Waals surface area contributed by atoms with Gasteiger partial charge < -0.3 is 14.3 Å². The van der Waals surface area contributed by atoms with E-state index in [0.29, 0.717) is 24.7 Å². The zero-order valence-corrected chi connectivity index (χ0v) is 17.0. The summed E-state index contributed by atoms with van der Waals surface area (Å²) in [5.41, 5.74) is 3.27. The van der Waals surface area contributed by atoms with Crippen molar-refractivity contribution in [3.8, 4) is 5.75 Å². The Morgan fingerprint density at radius 2 is 1.89 bits per heavy atom. The molecule has 0 aliphatic carbocycles. The number of benzene rings is 2. The summed E-state index contributed by atoms with van der Waals surface area (Å²) < 4.78 is 11.3. The quantitative estimate of drug-likeness (QED) is 0.550. The van der Waals surface area contributed by atoms with Gasteiger partial charge >= 0.3 is 0 Å². The van der Waals surface area contributed by atoms with Crippen LogP contribution in [0.1, 0.15) is 22.5 Å². The summed E-state index contributed by atoms with van der Waals surface area (Å²) in [5, 5.41) is 11.3. The predicted octanol–water partition coefficient (Wildman–Crippen LogP) is 4.99. The average Bonchev–Trinajstić information content (AvgIpc) is 3.16. The minimum Gasteiger partial charge on any atom is -0.491 e. The smallest absolute Gasteiger partial charge is 0.122 e. The number of hydrogen-bond donors (Lipinski definition) is 1. The molecule has 0 amide bonds. The fourth-order valence-electron chi connectivity index (χ4n) is 3.17. The molecule has 3 rings (SSSR count). The lowest BCUT2D eigenvalue weighted by Crippen LogP contribution is -2.35. The molecule has 4 nitrogen and oxygen atoms in total. The molecule has 1 atom stereocenters. The molecule has 1 aromatic heterocycles. The number of aliphatic hydroxyl groups is 1. The van der Waals surface area contributed by atoms with Crippen molar-refractivity contribution < 1.29 is 14.3 Å². The minimum atomic E-state index is -0.641. The first-order valence-electron chi connectivity index (χ1n) is 9.37. The molecule has 3 aromatic rings. The summed E-state index contributed by atoms with van der Waals surface area (Å²) in [5.74, 6) is 1.64. The number of rotatable bonds is 9. The first-order chi connectivity index (χ1) is 13.5. The molecule has 0 aliphatic rings. The van der Waals surface area contributed by atoms with Gasteiger partial charge in [0, 0.05) is 18.1 Å². The van der Waals surface area contributed by atoms with E-state index in [1.165, 1.54) is 5.56 Å². The second kappa shape index (κ2) is 9.78. The number of aryl methyl sites for hydroxylation is 2. The SMILES string of the molecule is Cc1ccc(OCC(O)CN(Cc2ccco2)Cc2ccccc2Cl)c(C)c1. The molecule has 2 aromatic carbocycles. The maximum atomic E-state index is 10.6. The van der Waals surface area contributed by atoms with E-state index in [2.05, 4.69) is 11.0 Å². The largest absolute Gasteiger partial charge is 0.491 e. The van der Waals surface area contributed by atoms with Crippen LogP contribution in [0, 0.1) is 13.8 Å². The number of hydrogen-bond acceptors (Lipinski definition) is 4. The van der Waals surface area contributed by atoms with Crippen LogP contribution in [0.15, 0.2) is 65.3 Å². The van der Waals surface area contributed by atoms with Crippen molar-refractivity contribution in [3.63, 3.8) is 0 Å². The van der Waals surface area contributed by atoms with Gasteiger partial charge in [0.25, 0.3) is 0 Å². The molecule has 0 aliphatic heterocycles. The first-order valence-corrected chi connectivity index (χ1v) is 9.75. The van der Waals surface area contributed by atoms with Crippen molar-refractivity contribution in [2.45, 2.75) is 33.0 Å². The molecular weight excluding hydrogens is 374 g/mol. The molecule has 5 heteroatoms. The molecule has 0 fully saturated rings. The number of ether oxygens (including phenoxy) is 1. The van der Waals surface area contributed by atoms with Crippen LogP contribution in [0.2, 0.25) is 5.02 Å². The molecule has 28 heavy (non-hydrogen) atoms. The molecular formula is C23H26ClNO3. The Morgan fingerprint density at radius 1 is 1.07 bits per heavy atom. The fraction of sp³-hybridized carbons (Fsp3) is 0.304. The van der Waals surface area contributed by atoms with Crippen LogP contribution < -0.4 is 4.74 Å². The Balaban J connectivity index is 1.63. The van der Waals surface area contributed by atoms with Crippen LogP contribution in [-0.2, 0) is 13.1 Å². The lowest BCUT2D eigenvalue weighted by Gasteiger charge is -2.25. The van der Waals surface area contributed by atoms with Gasteiger partial charge in [-0.3, -0.25) is 4.90 Å². The summed E-state index contributed by atoms with van der Waals surface area (Å²) in [6, 6.07) is 17.6. The van der Waals surface area contributed by atoms with E-state index in [1.54, 1.807) is 6.26 Å². The fourth-order valence-corrected chi connectivity index (χ4v) is 3.37. The van der Waals surface area contributed by atoms with E-state index >= 15 is 0 Å². The highest BCUT2D eigenvalue weighted by Crippen LogP contribution is 2.20. The Kier molecular flexibility index (Phi) is 7.15. The van der Waals surface area contributed by atoms with Crippen molar-refractivity contribution in [1.29, 1.82) is 0 Å². The van der Waals surface area contributed by atoms with E-state index in [1.807, 2.05) is 62.4 Å². The highest BCUT2D eigenvalue weighted by molar-refractivity contribution is 6.31. The Morgan fingerprint density at radius 3 is 2.61 bits per heavy atom. The molecule has 148 valence electrons. The van der Waals surface area contributed by atoms with E-state index in [4.69, 9.17) is 20.8 Å². The van der Waals surface area contributed by atoms with Crippen molar-refractivity contribution in [2.24, 2.45) is 0 Å². The van der Waals surface area contributed by atoms with Gasteiger partial charge in [0.15, 0.2) is 0 Å².